The number of rotatable bonds is 6. The van der Waals surface area contributed by atoms with Crippen molar-refractivity contribution in [1.29, 1.82) is 0 Å². The maximum absolute atomic E-state index is 11.9. The van der Waals surface area contributed by atoms with Crippen molar-refractivity contribution in [2.45, 2.75) is 20.0 Å². The number of hydrogen-bond acceptors (Lipinski definition) is 6. The van der Waals surface area contributed by atoms with Gasteiger partial charge in [-0.3, -0.25) is 9.59 Å². The fourth-order valence-electron chi connectivity index (χ4n) is 2.34. The van der Waals surface area contributed by atoms with Gasteiger partial charge in [-0.15, -0.1) is 0 Å². The molecule has 6 nitrogen and oxygen atoms in total. The molecule has 6 heteroatoms. The molecule has 0 radical (unpaired) electrons. The second-order valence-corrected chi connectivity index (χ2v) is 5.26. The molecule has 1 aliphatic rings. The topological polar surface area (TPSA) is 65.1 Å². The van der Waals surface area contributed by atoms with Crippen molar-refractivity contribution in [3.63, 3.8) is 0 Å². The molecule has 0 aromatic heterocycles. The van der Waals surface area contributed by atoms with Crippen LogP contribution >= 0.6 is 0 Å². The van der Waals surface area contributed by atoms with E-state index >= 15 is 0 Å². The predicted octanol–water partition coefficient (Wildman–Crippen LogP) is 1.67. The highest BCUT2D eigenvalue weighted by atomic mass is 16.6. The van der Waals surface area contributed by atoms with Gasteiger partial charge in [-0.1, -0.05) is 0 Å². The summed E-state index contributed by atoms with van der Waals surface area (Å²) in [6, 6.07) is 5.26. The van der Waals surface area contributed by atoms with Gasteiger partial charge in [0.2, 0.25) is 0 Å². The number of esters is 1. The molecule has 1 aromatic rings. The lowest BCUT2D eigenvalue weighted by Gasteiger charge is -2.34. The van der Waals surface area contributed by atoms with Gasteiger partial charge >= 0.3 is 5.97 Å². The number of ether oxygens (including phenoxy) is 3. The van der Waals surface area contributed by atoms with Gasteiger partial charge in [0.05, 0.1) is 18.8 Å². The summed E-state index contributed by atoms with van der Waals surface area (Å²) in [5, 5.41) is 0. The minimum Gasteiger partial charge on any atom is -0.487 e. The van der Waals surface area contributed by atoms with Crippen LogP contribution in [0.15, 0.2) is 18.2 Å². The molecule has 1 aliphatic heterocycles. The van der Waals surface area contributed by atoms with Gasteiger partial charge in [0, 0.05) is 12.7 Å². The molecule has 1 heterocycles. The number of carbonyl (C=O) groups is 2. The van der Waals surface area contributed by atoms with Crippen LogP contribution in [0.5, 0.6) is 5.75 Å². The van der Waals surface area contributed by atoms with Crippen LogP contribution in [-0.4, -0.2) is 51.3 Å². The van der Waals surface area contributed by atoms with E-state index in [9.17, 15) is 9.59 Å². The van der Waals surface area contributed by atoms with Crippen LogP contribution in [0.4, 0.5) is 5.69 Å². The lowest BCUT2D eigenvalue weighted by Crippen LogP contribution is -2.42. The second-order valence-electron chi connectivity index (χ2n) is 5.26. The third kappa shape index (κ3) is 3.98. The molecule has 0 saturated carbocycles. The summed E-state index contributed by atoms with van der Waals surface area (Å²) < 4.78 is 15.7. The number of methoxy groups -OCH3 is 1. The Kier molecular flexibility index (Phi) is 5.38. The summed E-state index contributed by atoms with van der Waals surface area (Å²) >= 11 is 0. The van der Waals surface area contributed by atoms with Crippen molar-refractivity contribution in [2.24, 2.45) is 0 Å². The Balaban J connectivity index is 2.14. The molecule has 22 heavy (non-hydrogen) atoms. The molecule has 1 atom stereocenters. The number of ketones is 1. The monoisotopic (exact) mass is 307 g/mol. The summed E-state index contributed by atoms with van der Waals surface area (Å²) in [6.45, 7) is 4.73. The van der Waals surface area contributed by atoms with Crippen molar-refractivity contribution >= 4 is 17.4 Å². The van der Waals surface area contributed by atoms with Crippen molar-refractivity contribution in [3.05, 3.63) is 23.8 Å². The summed E-state index contributed by atoms with van der Waals surface area (Å²) in [4.78, 5) is 25.3. The standard InChI is InChI=1S/C16H21NO5/c1-11-9-17(10-16(19)21-7-6-20-3)14-8-13(12(2)18)4-5-15(14)22-11/h4-5,8,11H,6-7,9-10H2,1-3H3. The van der Waals surface area contributed by atoms with Crippen LogP contribution < -0.4 is 9.64 Å². The smallest absolute Gasteiger partial charge is 0.325 e. The van der Waals surface area contributed by atoms with Crippen molar-refractivity contribution in [3.8, 4) is 5.75 Å². The fraction of sp³-hybridized carbons (Fsp3) is 0.500. The van der Waals surface area contributed by atoms with Crippen LogP contribution in [0.25, 0.3) is 0 Å². The van der Waals surface area contributed by atoms with Gasteiger partial charge < -0.3 is 19.1 Å². The number of fused-ring (bicyclic) bond motifs is 1. The minimum absolute atomic E-state index is 0.0240. The Hall–Kier alpha value is -2.08. The Morgan fingerprint density at radius 1 is 1.36 bits per heavy atom. The molecular formula is C16H21NO5. The Labute approximate surface area is 129 Å². The Bertz CT molecular complexity index is 557. The minimum atomic E-state index is -0.328. The Morgan fingerprint density at radius 3 is 2.82 bits per heavy atom. The highest BCUT2D eigenvalue weighted by Crippen LogP contribution is 2.34. The van der Waals surface area contributed by atoms with E-state index in [1.807, 2.05) is 11.8 Å². The number of benzene rings is 1. The van der Waals surface area contributed by atoms with Crippen molar-refractivity contribution in [2.75, 3.05) is 38.3 Å². The maximum atomic E-state index is 11.9. The number of carbonyl (C=O) groups excluding carboxylic acids is 2. The zero-order valence-electron chi connectivity index (χ0n) is 13.1. The SMILES string of the molecule is COCCOC(=O)CN1CC(C)Oc2ccc(C(C)=O)cc21. The third-order valence-corrected chi connectivity index (χ3v) is 3.38. The lowest BCUT2D eigenvalue weighted by atomic mass is 10.1. The van der Waals surface area contributed by atoms with Crippen LogP contribution in [0, 0.1) is 0 Å². The van der Waals surface area contributed by atoms with E-state index in [0.29, 0.717) is 24.5 Å². The zero-order chi connectivity index (χ0) is 16.1. The first kappa shape index (κ1) is 16.3. The first-order valence-corrected chi connectivity index (χ1v) is 7.22. The van der Waals surface area contributed by atoms with E-state index in [1.54, 1.807) is 25.3 Å². The first-order valence-electron chi connectivity index (χ1n) is 7.22. The third-order valence-electron chi connectivity index (χ3n) is 3.38. The average molecular weight is 307 g/mol. The van der Waals surface area contributed by atoms with E-state index < -0.39 is 0 Å². The number of anilines is 1. The van der Waals surface area contributed by atoms with E-state index in [0.717, 1.165) is 5.69 Å². The molecule has 0 N–H and O–H groups in total. The molecule has 1 aromatic carbocycles. The number of nitrogens with zero attached hydrogens (tertiary/aromatic N) is 1. The van der Waals surface area contributed by atoms with E-state index in [2.05, 4.69) is 0 Å². The molecular weight excluding hydrogens is 286 g/mol. The summed E-state index contributed by atoms with van der Waals surface area (Å²) in [5.41, 5.74) is 1.34. The molecule has 0 saturated heterocycles. The molecule has 120 valence electrons. The van der Waals surface area contributed by atoms with Crippen LogP contribution in [0.2, 0.25) is 0 Å². The van der Waals surface area contributed by atoms with Crippen LogP contribution in [0.1, 0.15) is 24.2 Å². The lowest BCUT2D eigenvalue weighted by molar-refractivity contribution is -0.143. The average Bonchev–Trinajstić information content (AvgIpc) is 2.46. The zero-order valence-corrected chi connectivity index (χ0v) is 13.1. The highest BCUT2D eigenvalue weighted by Gasteiger charge is 2.25. The van der Waals surface area contributed by atoms with E-state index in [-0.39, 0.29) is 31.0 Å². The number of hydrogen-bond donors (Lipinski definition) is 0. The summed E-state index contributed by atoms with van der Waals surface area (Å²) in [6.07, 6.45) is -0.0394. The first-order chi connectivity index (χ1) is 10.5. The normalized spacial score (nSPS) is 16.7. The molecule has 0 amide bonds. The van der Waals surface area contributed by atoms with Gasteiger partial charge in [-0.05, 0) is 32.0 Å². The van der Waals surface area contributed by atoms with E-state index in [4.69, 9.17) is 14.2 Å². The molecule has 0 fully saturated rings. The molecule has 0 spiro atoms. The van der Waals surface area contributed by atoms with Gasteiger partial charge in [-0.2, -0.15) is 0 Å². The Morgan fingerprint density at radius 2 is 2.14 bits per heavy atom. The quantitative estimate of drug-likeness (QED) is 0.452. The van der Waals surface area contributed by atoms with Crippen LogP contribution in [-0.2, 0) is 14.3 Å². The summed E-state index contributed by atoms with van der Waals surface area (Å²) in [5.74, 6) is 0.322. The maximum Gasteiger partial charge on any atom is 0.325 e. The number of Topliss-reactive ketones (excluding diaryl/α,β-unsaturated/α-hetero) is 1. The largest absolute Gasteiger partial charge is 0.487 e. The molecule has 2 rings (SSSR count). The second kappa shape index (κ2) is 7.26. The van der Waals surface area contributed by atoms with E-state index in [1.165, 1.54) is 6.92 Å². The van der Waals surface area contributed by atoms with Gasteiger partial charge in [0.1, 0.15) is 25.0 Å². The fourth-order valence-corrected chi connectivity index (χ4v) is 2.34. The van der Waals surface area contributed by atoms with Gasteiger partial charge in [0.15, 0.2) is 5.78 Å². The van der Waals surface area contributed by atoms with Crippen LogP contribution in [0.3, 0.4) is 0 Å². The predicted molar refractivity (Wildman–Crippen MR) is 81.6 cm³/mol. The molecule has 0 aliphatic carbocycles. The van der Waals surface area contributed by atoms with Crippen molar-refractivity contribution in [1.82, 2.24) is 0 Å². The summed E-state index contributed by atoms with van der Waals surface area (Å²) in [7, 11) is 1.55. The van der Waals surface area contributed by atoms with Gasteiger partial charge in [-0.25, -0.2) is 0 Å². The highest BCUT2D eigenvalue weighted by molar-refractivity contribution is 5.95. The van der Waals surface area contributed by atoms with Gasteiger partial charge in [0.25, 0.3) is 0 Å². The molecule has 1 unspecified atom stereocenters. The molecule has 0 bridgehead atoms. The van der Waals surface area contributed by atoms with Crippen molar-refractivity contribution < 1.29 is 23.8 Å².